The zero-order valence-corrected chi connectivity index (χ0v) is 9.65. The molecule has 1 aliphatic heterocycles. The molecule has 0 spiro atoms. The average molecular weight is 258 g/mol. The lowest BCUT2D eigenvalue weighted by molar-refractivity contribution is -0.138. The fourth-order valence-corrected chi connectivity index (χ4v) is 2.37. The van der Waals surface area contributed by atoms with E-state index in [9.17, 15) is 18.1 Å². The number of benzene rings is 1. The molecular weight excluding hydrogens is 245 g/mol. The van der Waals surface area contributed by atoms with Gasteiger partial charge in [0.2, 0.25) is 0 Å². The molecule has 1 aromatic carbocycles. The molecule has 98 valence electrons. The van der Waals surface area contributed by atoms with E-state index in [4.69, 9.17) is 0 Å². The van der Waals surface area contributed by atoms with Gasteiger partial charge in [0.25, 0.3) is 0 Å². The summed E-state index contributed by atoms with van der Waals surface area (Å²) in [6.07, 6.45) is -3.27. The Morgan fingerprint density at radius 1 is 1.17 bits per heavy atom. The minimum absolute atomic E-state index is 0.152. The van der Waals surface area contributed by atoms with Gasteiger partial charge in [0, 0.05) is 13.1 Å². The lowest BCUT2D eigenvalue weighted by atomic mass is 9.87. The summed E-state index contributed by atoms with van der Waals surface area (Å²) in [5.41, 5.74) is -0.238. The fourth-order valence-electron chi connectivity index (χ4n) is 2.37. The van der Waals surface area contributed by atoms with Crippen molar-refractivity contribution < 1.29 is 13.2 Å². The van der Waals surface area contributed by atoms with Crippen molar-refractivity contribution in [2.45, 2.75) is 24.9 Å². The van der Waals surface area contributed by atoms with Gasteiger partial charge >= 0.3 is 6.18 Å². The summed E-state index contributed by atoms with van der Waals surface area (Å²) >= 11 is 0. The molecule has 1 fully saturated rings. The zero-order chi connectivity index (χ0) is 13.2. The van der Waals surface area contributed by atoms with E-state index in [0.29, 0.717) is 31.5 Å². The summed E-state index contributed by atoms with van der Waals surface area (Å²) in [5, 5.41) is 4.16. The number of rotatable bonds is 2. The molecule has 0 aliphatic carbocycles. The Bertz CT molecular complexity index is 426. The lowest BCUT2D eigenvalue weighted by Crippen LogP contribution is -2.29. The summed E-state index contributed by atoms with van der Waals surface area (Å²) in [6.45, 7) is 0.834. The van der Waals surface area contributed by atoms with Crippen LogP contribution in [0.4, 0.5) is 13.2 Å². The second-order valence-corrected chi connectivity index (χ2v) is 4.39. The first-order chi connectivity index (χ1) is 8.52. The summed E-state index contributed by atoms with van der Waals surface area (Å²) < 4.78 is 38.6. The predicted molar refractivity (Wildman–Crippen MR) is 60.8 cm³/mol. The van der Waals surface area contributed by atoms with E-state index in [2.05, 4.69) is 5.29 Å². The van der Waals surface area contributed by atoms with E-state index in [1.165, 1.54) is 17.1 Å². The SMILES string of the molecule is O=NN1CCC(c2ccccc2C(F)(F)F)CC1. The largest absolute Gasteiger partial charge is 0.416 e. The molecule has 0 atom stereocenters. The molecule has 0 amide bonds. The Balaban J connectivity index is 2.22. The minimum Gasteiger partial charge on any atom is -0.261 e. The molecule has 3 nitrogen and oxygen atoms in total. The smallest absolute Gasteiger partial charge is 0.261 e. The van der Waals surface area contributed by atoms with Crippen LogP contribution in [0.3, 0.4) is 0 Å². The molecule has 2 rings (SSSR count). The molecule has 0 saturated carbocycles. The Morgan fingerprint density at radius 2 is 1.78 bits per heavy atom. The standard InChI is InChI=1S/C12H13F3N2O/c13-12(14,15)11-4-2-1-3-10(11)9-5-7-17(16-18)8-6-9/h1-4,9H,5-8H2. The van der Waals surface area contributed by atoms with Crippen molar-refractivity contribution in [2.75, 3.05) is 13.1 Å². The van der Waals surface area contributed by atoms with Crippen LogP contribution in [0.1, 0.15) is 29.9 Å². The van der Waals surface area contributed by atoms with E-state index in [1.54, 1.807) is 6.07 Å². The van der Waals surface area contributed by atoms with Crippen LogP contribution in [0, 0.1) is 4.91 Å². The van der Waals surface area contributed by atoms with Gasteiger partial charge in [-0.05, 0) is 30.4 Å². The average Bonchev–Trinajstić information content (AvgIpc) is 2.38. The second-order valence-electron chi connectivity index (χ2n) is 4.39. The molecule has 0 radical (unpaired) electrons. The number of hydrogen-bond acceptors (Lipinski definition) is 2. The molecule has 0 N–H and O–H groups in total. The van der Waals surface area contributed by atoms with Gasteiger partial charge in [-0.25, -0.2) is 0 Å². The topological polar surface area (TPSA) is 32.7 Å². The number of hydrogen-bond donors (Lipinski definition) is 0. The molecule has 1 heterocycles. The Hall–Kier alpha value is -1.59. The van der Waals surface area contributed by atoms with Crippen molar-refractivity contribution in [3.63, 3.8) is 0 Å². The second kappa shape index (κ2) is 4.96. The van der Waals surface area contributed by atoms with Crippen LogP contribution in [0.5, 0.6) is 0 Å². The maximum atomic E-state index is 12.9. The van der Waals surface area contributed by atoms with Gasteiger partial charge < -0.3 is 0 Å². The highest BCUT2D eigenvalue weighted by Crippen LogP contribution is 2.38. The normalized spacial score (nSPS) is 17.8. The van der Waals surface area contributed by atoms with Gasteiger partial charge in [-0.1, -0.05) is 18.2 Å². The molecule has 1 saturated heterocycles. The van der Waals surface area contributed by atoms with Crippen molar-refractivity contribution in [1.29, 1.82) is 0 Å². The number of piperidine rings is 1. The highest BCUT2D eigenvalue weighted by molar-refractivity contribution is 5.33. The highest BCUT2D eigenvalue weighted by Gasteiger charge is 2.35. The number of halogens is 3. The summed E-state index contributed by atoms with van der Waals surface area (Å²) in [4.78, 5) is 10.3. The number of nitroso groups, excluding NO2 is 1. The zero-order valence-electron chi connectivity index (χ0n) is 9.65. The third-order valence-corrected chi connectivity index (χ3v) is 3.29. The number of nitrogens with zero attached hydrogens (tertiary/aromatic N) is 2. The first-order valence-electron chi connectivity index (χ1n) is 5.76. The van der Waals surface area contributed by atoms with Gasteiger partial charge in [0.15, 0.2) is 0 Å². The van der Waals surface area contributed by atoms with Crippen molar-refractivity contribution in [1.82, 2.24) is 5.01 Å². The van der Waals surface area contributed by atoms with Gasteiger partial charge in [-0.2, -0.15) is 13.2 Å². The van der Waals surface area contributed by atoms with Crippen LogP contribution >= 0.6 is 0 Å². The van der Waals surface area contributed by atoms with Gasteiger partial charge in [-0.15, -0.1) is 4.91 Å². The van der Waals surface area contributed by atoms with E-state index in [0.717, 1.165) is 6.07 Å². The molecule has 0 bridgehead atoms. The minimum atomic E-state index is -4.32. The van der Waals surface area contributed by atoms with Crippen molar-refractivity contribution >= 4 is 0 Å². The quantitative estimate of drug-likeness (QED) is 0.760. The summed E-state index contributed by atoms with van der Waals surface area (Å²) in [5.74, 6) is -0.152. The maximum absolute atomic E-state index is 12.9. The summed E-state index contributed by atoms with van der Waals surface area (Å²) in [7, 11) is 0. The van der Waals surface area contributed by atoms with Crippen LogP contribution in [0.15, 0.2) is 29.6 Å². The van der Waals surface area contributed by atoms with Crippen LogP contribution in [-0.2, 0) is 6.18 Å². The van der Waals surface area contributed by atoms with E-state index >= 15 is 0 Å². The third kappa shape index (κ3) is 2.63. The van der Waals surface area contributed by atoms with Crippen LogP contribution < -0.4 is 0 Å². The van der Waals surface area contributed by atoms with Crippen LogP contribution in [-0.4, -0.2) is 18.1 Å². The lowest BCUT2D eigenvalue weighted by Gasteiger charge is -2.29. The Labute approximate surface area is 103 Å². The predicted octanol–water partition coefficient (Wildman–Crippen LogP) is 3.57. The van der Waals surface area contributed by atoms with Crippen molar-refractivity contribution in [3.8, 4) is 0 Å². The molecule has 6 heteroatoms. The fraction of sp³-hybridized carbons (Fsp3) is 0.500. The monoisotopic (exact) mass is 258 g/mol. The third-order valence-electron chi connectivity index (χ3n) is 3.29. The van der Waals surface area contributed by atoms with E-state index in [-0.39, 0.29) is 5.92 Å². The Morgan fingerprint density at radius 3 is 2.33 bits per heavy atom. The molecule has 0 aromatic heterocycles. The maximum Gasteiger partial charge on any atom is 0.416 e. The van der Waals surface area contributed by atoms with Crippen LogP contribution in [0.2, 0.25) is 0 Å². The molecular formula is C12H13F3N2O. The van der Waals surface area contributed by atoms with Gasteiger partial charge in [0.05, 0.1) is 10.8 Å². The first-order valence-corrected chi connectivity index (χ1v) is 5.76. The Kier molecular flexibility index (Phi) is 3.54. The van der Waals surface area contributed by atoms with Gasteiger partial charge in [-0.3, -0.25) is 5.01 Å². The molecule has 18 heavy (non-hydrogen) atoms. The molecule has 1 aliphatic rings. The van der Waals surface area contributed by atoms with Gasteiger partial charge in [0.1, 0.15) is 0 Å². The van der Waals surface area contributed by atoms with E-state index in [1.807, 2.05) is 0 Å². The molecule has 1 aromatic rings. The van der Waals surface area contributed by atoms with E-state index < -0.39 is 11.7 Å². The van der Waals surface area contributed by atoms with Crippen molar-refractivity contribution in [2.24, 2.45) is 5.29 Å². The summed E-state index contributed by atoms with van der Waals surface area (Å²) in [6, 6.07) is 5.65. The first kappa shape index (κ1) is 12.9. The van der Waals surface area contributed by atoms with Crippen molar-refractivity contribution in [3.05, 3.63) is 40.3 Å². The van der Waals surface area contributed by atoms with Crippen LogP contribution in [0.25, 0.3) is 0 Å². The molecule has 0 unspecified atom stereocenters. The highest BCUT2D eigenvalue weighted by atomic mass is 19.4. The number of alkyl halides is 3.